The van der Waals surface area contributed by atoms with Gasteiger partial charge in [-0.2, -0.15) is 8.62 Å². The molecule has 0 fully saturated rings. The highest BCUT2D eigenvalue weighted by molar-refractivity contribution is 7.66. The molecular weight excluding hydrogens is 517 g/mol. The number of nitrogens with one attached hydrogen (secondary N) is 1. The number of aliphatic hydroxyl groups excluding tert-OH is 1. The number of aromatic nitrogens is 2. The van der Waals surface area contributed by atoms with Crippen molar-refractivity contribution in [2.75, 3.05) is 13.7 Å². The topological polar surface area (TPSA) is 264 Å². The van der Waals surface area contributed by atoms with Gasteiger partial charge in [0.05, 0.1) is 6.61 Å². The zero-order valence-corrected chi connectivity index (χ0v) is 19.8. The highest BCUT2D eigenvalue weighted by Crippen LogP contribution is 2.66. The number of aromatic amines is 1. The first kappa shape index (κ1) is 29.7. The maximum Gasteiger partial charge on any atom is 0.490 e. The lowest BCUT2D eigenvalue weighted by atomic mass is 9.88. The highest BCUT2D eigenvalue weighted by atomic mass is 31.3. The van der Waals surface area contributed by atoms with Crippen molar-refractivity contribution >= 4 is 23.5 Å². The molecule has 1 heterocycles. The third kappa shape index (κ3) is 8.16. The Morgan fingerprint density at radius 2 is 1.76 bits per heavy atom. The van der Waals surface area contributed by atoms with Crippen molar-refractivity contribution in [1.82, 2.24) is 9.55 Å². The Morgan fingerprint density at radius 1 is 1.18 bits per heavy atom. The molecule has 5 atom stereocenters. The molecule has 1 aromatic heterocycles. The predicted molar refractivity (Wildman–Crippen MR) is 108 cm³/mol. The monoisotopic (exact) mass is 540 g/mol. The van der Waals surface area contributed by atoms with Crippen molar-refractivity contribution in [1.29, 1.82) is 0 Å². The number of nitrogens with zero attached hydrogens (tertiary/aromatic N) is 1. The molecule has 190 valence electrons. The van der Waals surface area contributed by atoms with E-state index in [0.717, 1.165) is 32.4 Å². The Bertz CT molecular complexity index is 1110. The average molecular weight is 540 g/mol. The SMILES string of the molecule is C=CC[C@@](O)([C@H](O)[C@@](C)(COP(=O)(O)OP(=O)(O)OP(=O)(O)O)OC)n1ccc(=O)[nH]c1=O. The maximum atomic E-state index is 12.2. The lowest BCUT2D eigenvalue weighted by Crippen LogP contribution is -2.61. The standard InChI is InChI=1S/C13H23N2O15P3/c1-4-6-13(19,15-7-5-9(16)14-11(15)18)10(17)12(2,27-3)8-28-32(23,24)30-33(25,26)29-31(20,21)22/h4-5,7,10,17,19H,1,6,8H2,2-3H3,(H,23,24)(H,25,26)(H,14,16,18)(H2,20,21,22)/t10-,12-,13-/m1/s1. The Kier molecular flexibility index (Phi) is 9.50. The van der Waals surface area contributed by atoms with E-state index in [1.165, 1.54) is 0 Å². The lowest BCUT2D eigenvalue weighted by Gasteiger charge is -2.42. The summed E-state index contributed by atoms with van der Waals surface area (Å²) in [6.07, 6.45) is -0.733. The summed E-state index contributed by atoms with van der Waals surface area (Å²) in [4.78, 5) is 61.2. The van der Waals surface area contributed by atoms with Crippen LogP contribution in [0.15, 0.2) is 34.5 Å². The Balaban J connectivity index is 3.24. The van der Waals surface area contributed by atoms with Crippen molar-refractivity contribution in [3.05, 3.63) is 45.8 Å². The summed E-state index contributed by atoms with van der Waals surface area (Å²) < 4.78 is 51.3. The Morgan fingerprint density at radius 3 is 2.21 bits per heavy atom. The summed E-state index contributed by atoms with van der Waals surface area (Å²) in [5, 5.41) is 21.9. The van der Waals surface area contributed by atoms with E-state index in [1.807, 2.05) is 4.98 Å². The molecular formula is C13H23N2O15P3. The van der Waals surface area contributed by atoms with Crippen LogP contribution in [0.2, 0.25) is 0 Å². The summed E-state index contributed by atoms with van der Waals surface area (Å²) in [7, 11) is -16.0. The Labute approximate surface area is 185 Å². The van der Waals surface area contributed by atoms with E-state index in [4.69, 9.17) is 14.5 Å². The van der Waals surface area contributed by atoms with E-state index in [1.54, 1.807) is 0 Å². The van der Waals surface area contributed by atoms with Crippen LogP contribution in [0, 0.1) is 0 Å². The lowest BCUT2D eigenvalue weighted by molar-refractivity contribution is -0.222. The molecule has 0 radical (unpaired) electrons. The average Bonchev–Trinajstić information content (AvgIpc) is 2.62. The van der Waals surface area contributed by atoms with Gasteiger partial charge in [0.2, 0.25) is 0 Å². The second-order valence-electron chi connectivity index (χ2n) is 6.64. The molecule has 0 aliphatic heterocycles. The molecule has 1 rings (SSSR count). The fourth-order valence-corrected chi connectivity index (χ4v) is 5.64. The summed E-state index contributed by atoms with van der Waals surface area (Å²) in [5.41, 5.74) is -6.67. The van der Waals surface area contributed by atoms with E-state index >= 15 is 0 Å². The van der Waals surface area contributed by atoms with Crippen LogP contribution >= 0.6 is 23.5 Å². The van der Waals surface area contributed by atoms with Gasteiger partial charge in [-0.15, -0.1) is 6.58 Å². The number of rotatable bonds is 13. The van der Waals surface area contributed by atoms with Crippen LogP contribution in [-0.2, 0) is 37.3 Å². The molecule has 20 heteroatoms. The van der Waals surface area contributed by atoms with Gasteiger partial charge in [-0.05, 0) is 6.92 Å². The molecule has 0 aromatic carbocycles. The zero-order valence-electron chi connectivity index (χ0n) is 17.1. The van der Waals surface area contributed by atoms with Gasteiger partial charge in [-0.3, -0.25) is 18.9 Å². The smallest absolute Gasteiger partial charge is 0.385 e. The largest absolute Gasteiger partial charge is 0.490 e. The first-order valence-corrected chi connectivity index (χ1v) is 13.0. The van der Waals surface area contributed by atoms with E-state index in [9.17, 15) is 43.3 Å². The third-order valence-corrected chi connectivity index (χ3v) is 7.88. The highest BCUT2D eigenvalue weighted by Gasteiger charge is 2.51. The van der Waals surface area contributed by atoms with Gasteiger partial charge in [-0.1, -0.05) is 6.08 Å². The predicted octanol–water partition coefficient (Wildman–Crippen LogP) is -1.13. The fraction of sp³-hybridized carbons (Fsp3) is 0.538. The molecule has 0 bridgehead atoms. The van der Waals surface area contributed by atoms with Crippen molar-refractivity contribution in [2.24, 2.45) is 0 Å². The van der Waals surface area contributed by atoms with Crippen molar-refractivity contribution < 1.29 is 61.4 Å². The van der Waals surface area contributed by atoms with E-state index < -0.39 is 65.2 Å². The van der Waals surface area contributed by atoms with Gasteiger partial charge >= 0.3 is 29.2 Å². The number of ether oxygens (including phenoxy) is 1. The van der Waals surface area contributed by atoms with Gasteiger partial charge in [0.1, 0.15) is 11.7 Å². The number of phosphoric ester groups is 1. The third-order valence-electron chi connectivity index (χ3n) is 4.10. The Hall–Kier alpha value is -1.29. The van der Waals surface area contributed by atoms with Crippen LogP contribution in [-0.4, -0.2) is 64.8 Å². The maximum absolute atomic E-state index is 12.2. The molecule has 1 aromatic rings. The van der Waals surface area contributed by atoms with Gasteiger partial charge < -0.3 is 34.5 Å². The molecule has 0 aliphatic carbocycles. The number of methoxy groups -OCH3 is 1. The number of hydrogen-bond donors (Lipinski definition) is 7. The number of H-pyrrole nitrogens is 1. The summed E-state index contributed by atoms with van der Waals surface area (Å²) >= 11 is 0. The minimum absolute atomic E-state index is 0.520. The van der Waals surface area contributed by atoms with E-state index in [-0.39, 0.29) is 0 Å². The van der Waals surface area contributed by atoms with E-state index in [2.05, 4.69) is 19.7 Å². The van der Waals surface area contributed by atoms with Crippen LogP contribution < -0.4 is 11.2 Å². The van der Waals surface area contributed by atoms with Gasteiger partial charge in [0.25, 0.3) is 5.56 Å². The minimum Gasteiger partial charge on any atom is -0.385 e. The molecule has 0 saturated heterocycles. The second-order valence-corrected chi connectivity index (χ2v) is 11.1. The minimum atomic E-state index is -5.80. The summed E-state index contributed by atoms with van der Waals surface area (Å²) in [5.74, 6) is 0. The second kappa shape index (κ2) is 10.5. The first-order valence-electron chi connectivity index (χ1n) is 8.48. The summed E-state index contributed by atoms with van der Waals surface area (Å²) in [6.45, 7) is 3.27. The quantitative estimate of drug-likeness (QED) is 0.115. The molecule has 17 nitrogen and oxygen atoms in total. The fourth-order valence-electron chi connectivity index (χ4n) is 2.53. The molecule has 0 saturated carbocycles. The number of hydrogen-bond acceptors (Lipinski definition) is 11. The number of phosphoric acid groups is 3. The molecule has 2 unspecified atom stereocenters. The van der Waals surface area contributed by atoms with Crippen LogP contribution in [0.4, 0.5) is 0 Å². The van der Waals surface area contributed by atoms with Crippen molar-refractivity contribution in [3.63, 3.8) is 0 Å². The van der Waals surface area contributed by atoms with E-state index in [0.29, 0.717) is 4.57 Å². The molecule has 0 spiro atoms. The van der Waals surface area contributed by atoms with Crippen LogP contribution in [0.1, 0.15) is 13.3 Å². The molecule has 33 heavy (non-hydrogen) atoms. The van der Waals surface area contributed by atoms with Crippen LogP contribution in [0.25, 0.3) is 0 Å². The molecule has 0 amide bonds. The molecule has 7 N–H and O–H groups in total. The van der Waals surface area contributed by atoms with Gasteiger partial charge in [0, 0.05) is 25.8 Å². The summed E-state index contributed by atoms with van der Waals surface area (Å²) in [6, 6.07) is 0.860. The molecule has 0 aliphatic rings. The number of aliphatic hydroxyl groups is 2. The first-order chi connectivity index (χ1) is 14.8. The van der Waals surface area contributed by atoms with Gasteiger partial charge in [0.15, 0.2) is 5.72 Å². The van der Waals surface area contributed by atoms with Gasteiger partial charge in [-0.25, -0.2) is 18.5 Å². The van der Waals surface area contributed by atoms with Crippen molar-refractivity contribution in [3.8, 4) is 0 Å². The zero-order chi connectivity index (χ0) is 25.9. The van der Waals surface area contributed by atoms with Crippen LogP contribution in [0.5, 0.6) is 0 Å². The normalized spacial score (nSPS) is 20.6. The van der Waals surface area contributed by atoms with Crippen LogP contribution in [0.3, 0.4) is 0 Å². The van der Waals surface area contributed by atoms with Crippen molar-refractivity contribution in [2.45, 2.75) is 30.8 Å².